The molecule has 4 nitrogen and oxygen atoms in total. The quantitative estimate of drug-likeness (QED) is 0.675. The van der Waals surface area contributed by atoms with Crippen LogP contribution in [0, 0.1) is 0 Å². The van der Waals surface area contributed by atoms with Crippen LogP contribution in [0.15, 0.2) is 48.5 Å². The lowest BCUT2D eigenvalue weighted by Gasteiger charge is -2.05. The summed E-state index contributed by atoms with van der Waals surface area (Å²) in [5, 5.41) is 1.73. The van der Waals surface area contributed by atoms with Crippen LogP contribution in [-0.2, 0) is 4.74 Å². The number of carbonyl (C=O) groups excluding carboxylic acids is 1. The van der Waals surface area contributed by atoms with Crippen LogP contribution in [-0.4, -0.2) is 16.9 Å². The van der Waals surface area contributed by atoms with Crippen molar-refractivity contribution in [2.75, 3.05) is 6.61 Å². The molecule has 0 aliphatic heterocycles. The van der Waals surface area contributed by atoms with Crippen LogP contribution >= 0.6 is 11.5 Å². The van der Waals surface area contributed by atoms with E-state index in [1.807, 2.05) is 24.3 Å². The Kier molecular flexibility index (Phi) is 3.83. The molecule has 0 fully saturated rings. The maximum Gasteiger partial charge on any atom is 0.338 e. The van der Waals surface area contributed by atoms with Gasteiger partial charge < -0.3 is 9.47 Å². The third-order valence-corrected chi connectivity index (χ3v) is 3.68. The Balaban J connectivity index is 1.80. The third kappa shape index (κ3) is 2.87. The van der Waals surface area contributed by atoms with Crippen molar-refractivity contribution in [3.05, 3.63) is 54.1 Å². The lowest BCUT2D eigenvalue weighted by atomic mass is 10.2. The molecule has 1 heterocycles. The summed E-state index contributed by atoms with van der Waals surface area (Å²) >= 11 is 1.31. The zero-order valence-electron chi connectivity index (χ0n) is 11.4. The number of hydrogen-bond donors (Lipinski definition) is 0. The SMILES string of the molecule is CCOC(=O)c1ccc(Oc2snc3ccccc23)cc1. The maximum atomic E-state index is 11.6. The zero-order valence-corrected chi connectivity index (χ0v) is 12.2. The summed E-state index contributed by atoms with van der Waals surface area (Å²) in [4.78, 5) is 11.6. The lowest BCUT2D eigenvalue weighted by Crippen LogP contribution is -2.03. The molecule has 0 unspecified atom stereocenters. The molecule has 0 N–H and O–H groups in total. The molecule has 1 aromatic heterocycles. The number of rotatable bonds is 4. The van der Waals surface area contributed by atoms with Crippen molar-refractivity contribution in [1.82, 2.24) is 4.37 Å². The van der Waals surface area contributed by atoms with E-state index in [0.29, 0.717) is 17.9 Å². The van der Waals surface area contributed by atoms with Crippen molar-refractivity contribution in [3.8, 4) is 10.8 Å². The number of fused-ring (bicyclic) bond motifs is 1. The highest BCUT2D eigenvalue weighted by atomic mass is 32.1. The molecule has 3 aromatic rings. The summed E-state index contributed by atoms with van der Waals surface area (Å²) in [5.74, 6) is 0.338. The van der Waals surface area contributed by atoms with Gasteiger partial charge in [-0.1, -0.05) is 12.1 Å². The second kappa shape index (κ2) is 5.93. The fourth-order valence-electron chi connectivity index (χ4n) is 1.92. The molecule has 3 rings (SSSR count). The van der Waals surface area contributed by atoms with E-state index in [1.165, 1.54) is 11.5 Å². The molecule has 0 aliphatic rings. The topological polar surface area (TPSA) is 48.4 Å². The molecule has 0 spiro atoms. The molecule has 0 saturated heterocycles. The Morgan fingerprint density at radius 1 is 1.14 bits per heavy atom. The number of carbonyl (C=O) groups is 1. The van der Waals surface area contributed by atoms with Gasteiger partial charge in [-0.25, -0.2) is 4.79 Å². The predicted octanol–water partition coefficient (Wildman–Crippen LogP) is 4.27. The zero-order chi connectivity index (χ0) is 14.7. The first kappa shape index (κ1) is 13.6. The van der Waals surface area contributed by atoms with E-state index >= 15 is 0 Å². The molecule has 0 bridgehead atoms. The fourth-order valence-corrected chi connectivity index (χ4v) is 2.66. The van der Waals surface area contributed by atoms with Crippen LogP contribution in [0.2, 0.25) is 0 Å². The highest BCUT2D eigenvalue weighted by molar-refractivity contribution is 7.09. The van der Waals surface area contributed by atoms with Gasteiger partial charge in [0.15, 0.2) is 0 Å². The fraction of sp³-hybridized carbons (Fsp3) is 0.125. The van der Waals surface area contributed by atoms with Gasteiger partial charge in [-0.3, -0.25) is 0 Å². The summed E-state index contributed by atoms with van der Waals surface area (Å²) < 4.78 is 15.1. The average molecular weight is 299 g/mol. The van der Waals surface area contributed by atoms with Crippen molar-refractivity contribution in [3.63, 3.8) is 0 Å². The normalized spacial score (nSPS) is 10.5. The number of benzene rings is 2. The van der Waals surface area contributed by atoms with Gasteiger partial charge >= 0.3 is 5.97 Å². The van der Waals surface area contributed by atoms with Crippen LogP contribution in [0.4, 0.5) is 0 Å². The summed E-state index contributed by atoms with van der Waals surface area (Å²) in [7, 11) is 0. The van der Waals surface area contributed by atoms with Crippen molar-refractivity contribution in [2.24, 2.45) is 0 Å². The minimum atomic E-state index is -0.327. The highest BCUT2D eigenvalue weighted by Crippen LogP contribution is 2.33. The summed E-state index contributed by atoms with van der Waals surface area (Å²) in [6, 6.07) is 14.7. The second-order valence-electron chi connectivity index (χ2n) is 4.33. The Labute approximate surface area is 126 Å². The molecule has 0 amide bonds. The van der Waals surface area contributed by atoms with Gasteiger partial charge in [0.05, 0.1) is 23.1 Å². The molecule has 2 aromatic carbocycles. The van der Waals surface area contributed by atoms with Gasteiger partial charge in [-0.2, -0.15) is 4.37 Å². The van der Waals surface area contributed by atoms with Gasteiger partial charge in [-0.15, -0.1) is 0 Å². The largest absolute Gasteiger partial charge is 0.462 e. The Morgan fingerprint density at radius 2 is 1.90 bits per heavy atom. The number of hydrogen-bond acceptors (Lipinski definition) is 5. The number of esters is 1. The van der Waals surface area contributed by atoms with Crippen molar-refractivity contribution in [1.29, 1.82) is 0 Å². The molecule has 5 heteroatoms. The van der Waals surface area contributed by atoms with E-state index < -0.39 is 0 Å². The minimum absolute atomic E-state index is 0.327. The van der Waals surface area contributed by atoms with Crippen molar-refractivity contribution >= 4 is 28.4 Å². The van der Waals surface area contributed by atoms with Crippen molar-refractivity contribution < 1.29 is 14.3 Å². The molecule has 0 radical (unpaired) electrons. The molecular weight excluding hydrogens is 286 g/mol. The van der Waals surface area contributed by atoms with Gasteiger partial charge in [0.25, 0.3) is 0 Å². The van der Waals surface area contributed by atoms with E-state index in [0.717, 1.165) is 16.0 Å². The first-order valence-corrected chi connectivity index (χ1v) is 7.34. The number of nitrogens with zero attached hydrogens (tertiary/aromatic N) is 1. The molecule has 0 atom stereocenters. The Bertz CT molecular complexity index is 765. The summed E-state index contributed by atoms with van der Waals surface area (Å²) in [6.07, 6.45) is 0. The van der Waals surface area contributed by atoms with Crippen LogP contribution in [0.3, 0.4) is 0 Å². The van der Waals surface area contributed by atoms with Gasteiger partial charge in [-0.05, 0) is 43.3 Å². The van der Waals surface area contributed by atoms with Gasteiger partial charge in [0.2, 0.25) is 5.06 Å². The second-order valence-corrected chi connectivity index (χ2v) is 5.07. The molecule has 0 aliphatic carbocycles. The Hall–Kier alpha value is -2.40. The van der Waals surface area contributed by atoms with E-state index in [-0.39, 0.29) is 5.97 Å². The molecule has 21 heavy (non-hydrogen) atoms. The minimum Gasteiger partial charge on any atom is -0.462 e. The lowest BCUT2D eigenvalue weighted by molar-refractivity contribution is 0.0526. The number of ether oxygens (including phenoxy) is 2. The molecule has 0 saturated carbocycles. The van der Waals surface area contributed by atoms with E-state index in [1.54, 1.807) is 31.2 Å². The maximum absolute atomic E-state index is 11.6. The predicted molar refractivity (Wildman–Crippen MR) is 82.1 cm³/mol. The first-order valence-electron chi connectivity index (χ1n) is 6.57. The van der Waals surface area contributed by atoms with E-state index in [9.17, 15) is 4.79 Å². The molecular formula is C16H13NO3S. The first-order chi connectivity index (χ1) is 10.3. The van der Waals surface area contributed by atoms with Crippen LogP contribution in [0.25, 0.3) is 10.9 Å². The van der Waals surface area contributed by atoms with Crippen molar-refractivity contribution in [2.45, 2.75) is 6.92 Å². The number of aromatic nitrogens is 1. The van der Waals surface area contributed by atoms with Crippen LogP contribution in [0.1, 0.15) is 17.3 Å². The summed E-state index contributed by atoms with van der Waals surface area (Å²) in [6.45, 7) is 2.15. The highest BCUT2D eigenvalue weighted by Gasteiger charge is 2.09. The van der Waals surface area contributed by atoms with E-state index in [4.69, 9.17) is 9.47 Å². The van der Waals surface area contributed by atoms with E-state index in [2.05, 4.69) is 4.37 Å². The standard InChI is InChI=1S/C16H13NO3S/c1-2-19-15(18)11-7-9-12(10-8-11)20-16-13-5-3-4-6-14(13)17-21-16/h3-10H,2H2,1H3. The average Bonchev–Trinajstić information content (AvgIpc) is 2.92. The van der Waals surface area contributed by atoms with Crippen LogP contribution < -0.4 is 4.74 Å². The monoisotopic (exact) mass is 299 g/mol. The summed E-state index contributed by atoms with van der Waals surface area (Å²) in [5.41, 5.74) is 1.43. The van der Waals surface area contributed by atoms with Gasteiger partial charge in [0.1, 0.15) is 5.75 Å². The molecule has 106 valence electrons. The smallest absolute Gasteiger partial charge is 0.338 e. The Morgan fingerprint density at radius 3 is 2.67 bits per heavy atom. The van der Waals surface area contributed by atoms with Gasteiger partial charge in [0, 0.05) is 11.5 Å². The van der Waals surface area contributed by atoms with Crippen LogP contribution in [0.5, 0.6) is 10.8 Å². The third-order valence-electron chi connectivity index (χ3n) is 2.93.